The van der Waals surface area contributed by atoms with Gasteiger partial charge < -0.3 is 0 Å². The number of hydrogen-bond acceptors (Lipinski definition) is 1. The van der Waals surface area contributed by atoms with Crippen LogP contribution in [0.4, 0.5) is 0 Å². The van der Waals surface area contributed by atoms with Crippen LogP contribution in [0.25, 0.3) is 5.57 Å². The molecule has 0 spiro atoms. The summed E-state index contributed by atoms with van der Waals surface area (Å²) in [5.41, 5.74) is 4.99. The van der Waals surface area contributed by atoms with Crippen molar-refractivity contribution >= 4 is 17.3 Å². The lowest BCUT2D eigenvalue weighted by Gasteiger charge is -2.21. The Bertz CT molecular complexity index is 582. The molecule has 16 heavy (non-hydrogen) atoms. The highest BCUT2D eigenvalue weighted by atomic mass is 32.2. The van der Waals surface area contributed by atoms with Gasteiger partial charge in [-0.1, -0.05) is 48.7 Å². The first-order chi connectivity index (χ1) is 7.75. The molecule has 1 aliphatic rings. The maximum Gasteiger partial charge on any atom is 0.0203 e. The van der Waals surface area contributed by atoms with E-state index in [0.29, 0.717) is 0 Å². The second kappa shape index (κ2) is 3.53. The monoisotopic (exact) mass is 224 g/mol. The molecule has 1 heteroatoms. The van der Waals surface area contributed by atoms with Gasteiger partial charge in [0.05, 0.1) is 0 Å². The smallest absolute Gasteiger partial charge is 0.0203 e. The van der Waals surface area contributed by atoms with Crippen LogP contribution in [-0.4, -0.2) is 0 Å². The SMILES string of the molecule is C=C1c2ccccc2Sc2cc(C)ccc21. The van der Waals surface area contributed by atoms with E-state index in [1.54, 1.807) is 0 Å². The lowest BCUT2D eigenvalue weighted by atomic mass is 9.98. The van der Waals surface area contributed by atoms with E-state index in [0.717, 1.165) is 5.57 Å². The number of rotatable bonds is 0. The standard InChI is InChI=1S/C15H12S/c1-10-7-8-13-11(2)12-5-3-4-6-14(12)16-15(13)9-10/h3-9H,2H2,1H3. The van der Waals surface area contributed by atoms with Crippen LogP contribution >= 0.6 is 11.8 Å². The molecule has 0 nitrogen and oxygen atoms in total. The summed E-state index contributed by atoms with van der Waals surface area (Å²) >= 11 is 1.84. The topological polar surface area (TPSA) is 0 Å². The van der Waals surface area contributed by atoms with Crippen LogP contribution in [0.3, 0.4) is 0 Å². The first-order valence-corrected chi connectivity index (χ1v) is 6.14. The number of aryl methyl sites for hydroxylation is 1. The van der Waals surface area contributed by atoms with Gasteiger partial charge in [-0.3, -0.25) is 0 Å². The fourth-order valence-electron chi connectivity index (χ4n) is 2.03. The highest BCUT2D eigenvalue weighted by Crippen LogP contribution is 2.44. The summed E-state index contributed by atoms with van der Waals surface area (Å²) in [4.78, 5) is 2.63. The molecule has 0 saturated heterocycles. The van der Waals surface area contributed by atoms with Gasteiger partial charge in [-0.15, -0.1) is 0 Å². The molecule has 0 fully saturated rings. The van der Waals surface area contributed by atoms with Gasteiger partial charge in [0.15, 0.2) is 0 Å². The van der Waals surface area contributed by atoms with Crippen LogP contribution in [0.15, 0.2) is 58.8 Å². The van der Waals surface area contributed by atoms with Crippen molar-refractivity contribution < 1.29 is 0 Å². The maximum atomic E-state index is 4.21. The van der Waals surface area contributed by atoms with Gasteiger partial charge in [0.1, 0.15) is 0 Å². The van der Waals surface area contributed by atoms with Crippen molar-refractivity contribution in [1.29, 1.82) is 0 Å². The highest BCUT2D eigenvalue weighted by Gasteiger charge is 2.18. The van der Waals surface area contributed by atoms with E-state index < -0.39 is 0 Å². The van der Waals surface area contributed by atoms with Crippen LogP contribution < -0.4 is 0 Å². The van der Waals surface area contributed by atoms with E-state index in [2.05, 4.69) is 56.0 Å². The maximum absolute atomic E-state index is 4.21. The van der Waals surface area contributed by atoms with E-state index in [-0.39, 0.29) is 0 Å². The molecule has 2 aromatic rings. The van der Waals surface area contributed by atoms with Gasteiger partial charge in [0.25, 0.3) is 0 Å². The van der Waals surface area contributed by atoms with Crippen LogP contribution in [0.1, 0.15) is 16.7 Å². The zero-order valence-corrected chi connectivity index (χ0v) is 9.97. The highest BCUT2D eigenvalue weighted by molar-refractivity contribution is 7.99. The van der Waals surface area contributed by atoms with E-state index in [1.165, 1.54) is 26.5 Å². The molecule has 0 atom stereocenters. The van der Waals surface area contributed by atoms with Gasteiger partial charge in [0.2, 0.25) is 0 Å². The molecule has 1 heterocycles. The Hall–Kier alpha value is -1.47. The van der Waals surface area contributed by atoms with E-state index >= 15 is 0 Å². The van der Waals surface area contributed by atoms with Crippen LogP contribution in [0.2, 0.25) is 0 Å². The van der Waals surface area contributed by atoms with Gasteiger partial charge in [-0.25, -0.2) is 0 Å². The van der Waals surface area contributed by atoms with E-state index in [9.17, 15) is 0 Å². The lowest BCUT2D eigenvalue weighted by Crippen LogP contribution is -1.97. The van der Waals surface area contributed by atoms with Gasteiger partial charge in [-0.2, -0.15) is 0 Å². The predicted octanol–water partition coefficient (Wildman–Crippen LogP) is 4.52. The Labute approximate surface area is 100 Å². The van der Waals surface area contributed by atoms with E-state index in [1.807, 2.05) is 11.8 Å². The average Bonchev–Trinajstić information content (AvgIpc) is 2.29. The van der Waals surface area contributed by atoms with E-state index in [4.69, 9.17) is 0 Å². The first kappa shape index (κ1) is 9.73. The number of hydrogen-bond donors (Lipinski definition) is 0. The second-order valence-electron chi connectivity index (χ2n) is 4.08. The third-order valence-corrected chi connectivity index (χ3v) is 4.03. The Balaban J connectivity index is 2.22. The average molecular weight is 224 g/mol. The minimum atomic E-state index is 1.14. The molecular formula is C15H12S. The van der Waals surface area contributed by atoms with Gasteiger partial charge >= 0.3 is 0 Å². The third-order valence-electron chi connectivity index (χ3n) is 2.89. The minimum absolute atomic E-state index is 1.14. The summed E-state index contributed by atoms with van der Waals surface area (Å²) in [6.45, 7) is 6.34. The lowest BCUT2D eigenvalue weighted by molar-refractivity contribution is 1.26. The molecule has 0 amide bonds. The van der Waals surface area contributed by atoms with Crippen molar-refractivity contribution in [2.24, 2.45) is 0 Å². The zero-order valence-electron chi connectivity index (χ0n) is 9.16. The van der Waals surface area contributed by atoms with Gasteiger partial charge in [0, 0.05) is 9.79 Å². The van der Waals surface area contributed by atoms with Crippen molar-refractivity contribution in [3.63, 3.8) is 0 Å². The molecule has 0 aliphatic carbocycles. The third kappa shape index (κ3) is 1.40. The number of benzene rings is 2. The molecule has 78 valence electrons. The molecule has 0 saturated carbocycles. The molecular weight excluding hydrogens is 212 g/mol. The van der Waals surface area contributed by atoms with Gasteiger partial charge in [-0.05, 0) is 41.3 Å². The normalized spacial score (nSPS) is 13.2. The summed E-state index contributed by atoms with van der Waals surface area (Å²) in [6.07, 6.45) is 0. The summed E-state index contributed by atoms with van der Waals surface area (Å²) in [5.74, 6) is 0. The van der Waals surface area contributed by atoms with Crippen molar-refractivity contribution in [2.75, 3.05) is 0 Å². The molecule has 0 radical (unpaired) electrons. The Morgan fingerprint density at radius 1 is 0.938 bits per heavy atom. The molecule has 0 aromatic heterocycles. The largest absolute Gasteiger partial charge is 0.0905 e. The van der Waals surface area contributed by atoms with Crippen LogP contribution in [-0.2, 0) is 0 Å². The summed E-state index contributed by atoms with van der Waals surface area (Å²) < 4.78 is 0. The van der Waals surface area contributed by atoms with Crippen molar-refractivity contribution in [1.82, 2.24) is 0 Å². The Morgan fingerprint density at radius 3 is 2.56 bits per heavy atom. The fourth-order valence-corrected chi connectivity index (χ4v) is 3.26. The molecule has 0 bridgehead atoms. The quantitative estimate of drug-likeness (QED) is 0.541. The van der Waals surface area contributed by atoms with Crippen molar-refractivity contribution in [3.05, 3.63) is 65.7 Å². The fraction of sp³-hybridized carbons (Fsp3) is 0.0667. The van der Waals surface area contributed by atoms with Crippen LogP contribution in [0.5, 0.6) is 0 Å². The summed E-state index contributed by atoms with van der Waals surface area (Å²) in [5, 5.41) is 0. The molecule has 0 unspecified atom stereocenters. The predicted molar refractivity (Wildman–Crippen MR) is 69.9 cm³/mol. The van der Waals surface area contributed by atoms with Crippen molar-refractivity contribution in [3.8, 4) is 0 Å². The first-order valence-electron chi connectivity index (χ1n) is 5.33. The van der Waals surface area contributed by atoms with Crippen LogP contribution in [0, 0.1) is 6.92 Å². The molecule has 3 rings (SSSR count). The number of fused-ring (bicyclic) bond motifs is 2. The Morgan fingerprint density at radius 2 is 1.69 bits per heavy atom. The second-order valence-corrected chi connectivity index (χ2v) is 5.16. The Kier molecular flexibility index (Phi) is 2.15. The zero-order chi connectivity index (χ0) is 11.1. The minimum Gasteiger partial charge on any atom is -0.0905 e. The summed E-state index contributed by atoms with van der Waals surface area (Å²) in [7, 11) is 0. The summed E-state index contributed by atoms with van der Waals surface area (Å²) in [6, 6.07) is 15.0. The molecule has 0 N–H and O–H groups in total. The molecule has 2 aromatic carbocycles. The van der Waals surface area contributed by atoms with Crippen molar-refractivity contribution in [2.45, 2.75) is 16.7 Å². The molecule has 1 aliphatic heterocycles.